The van der Waals surface area contributed by atoms with Crippen molar-refractivity contribution >= 4 is 12.2 Å². The Morgan fingerprint density at radius 2 is 2.30 bits per heavy atom. The van der Waals surface area contributed by atoms with Crippen LogP contribution in [0.25, 0.3) is 0 Å². The van der Waals surface area contributed by atoms with Crippen LogP contribution in [0, 0.1) is 0 Å². The minimum absolute atomic E-state index is 0.0277. The van der Waals surface area contributed by atoms with Gasteiger partial charge in [0.2, 0.25) is 0 Å². The molecule has 0 fully saturated rings. The van der Waals surface area contributed by atoms with Gasteiger partial charge in [0.15, 0.2) is 0 Å². The molecule has 0 bridgehead atoms. The molecule has 0 aliphatic rings. The van der Waals surface area contributed by atoms with Crippen LogP contribution < -0.4 is 0 Å². The van der Waals surface area contributed by atoms with Gasteiger partial charge in [-0.25, -0.2) is 9.79 Å². The van der Waals surface area contributed by atoms with E-state index in [1.165, 1.54) is 18.4 Å². The first kappa shape index (κ1) is 8.62. The second kappa shape index (κ2) is 4.49. The lowest BCUT2D eigenvalue weighted by Crippen LogP contribution is -1.96. The van der Waals surface area contributed by atoms with E-state index in [9.17, 15) is 4.79 Å². The molecule has 0 saturated carbocycles. The molecule has 0 atom stereocenters. The maximum Gasteiger partial charge on any atom is 0.354 e. The summed E-state index contributed by atoms with van der Waals surface area (Å²) >= 11 is 0. The number of carboxylic acid groups (broad SMARTS) is 1. The van der Waals surface area contributed by atoms with Crippen molar-refractivity contribution in [3.63, 3.8) is 0 Å². The molecule has 0 spiro atoms. The van der Waals surface area contributed by atoms with Gasteiger partial charge in [-0.05, 0) is 6.92 Å². The second-order valence-electron chi connectivity index (χ2n) is 1.49. The average Bonchev–Trinajstić information content (AvgIpc) is 1.89. The van der Waals surface area contributed by atoms with Crippen LogP contribution in [-0.2, 0) is 4.79 Å². The number of carboxylic acids is 1. The van der Waals surface area contributed by atoms with Gasteiger partial charge in [0, 0.05) is 6.21 Å². The molecule has 0 saturated heterocycles. The van der Waals surface area contributed by atoms with Gasteiger partial charge in [-0.1, -0.05) is 18.7 Å². The van der Waals surface area contributed by atoms with E-state index in [1.54, 1.807) is 6.92 Å². The van der Waals surface area contributed by atoms with Crippen LogP contribution in [0.3, 0.4) is 0 Å². The van der Waals surface area contributed by atoms with Gasteiger partial charge in [0.05, 0.1) is 0 Å². The Bertz CT molecular complexity index is 192. The van der Waals surface area contributed by atoms with Gasteiger partial charge < -0.3 is 5.11 Å². The standard InChI is InChI=1S/C7H9NO2/c1-3-5-8-6(4-2)7(9)10/h3-5H,1H2,2H3,(H,9,10)/b6-4+,8-5?. The zero-order chi connectivity index (χ0) is 7.98. The minimum atomic E-state index is -1.03. The molecule has 0 aromatic carbocycles. The van der Waals surface area contributed by atoms with Crippen molar-refractivity contribution in [2.45, 2.75) is 6.92 Å². The summed E-state index contributed by atoms with van der Waals surface area (Å²) in [6.45, 7) is 4.97. The molecule has 0 aromatic rings. The minimum Gasteiger partial charge on any atom is -0.477 e. The monoisotopic (exact) mass is 139 g/mol. The fourth-order valence-electron chi connectivity index (χ4n) is 0.386. The van der Waals surface area contributed by atoms with Gasteiger partial charge in [0.1, 0.15) is 5.70 Å². The molecular formula is C7H9NO2. The summed E-state index contributed by atoms with van der Waals surface area (Å²) in [6.07, 6.45) is 4.18. The lowest BCUT2D eigenvalue weighted by Gasteiger charge is -1.88. The zero-order valence-corrected chi connectivity index (χ0v) is 5.74. The predicted molar refractivity (Wildman–Crippen MR) is 40.1 cm³/mol. The third-order valence-electron chi connectivity index (χ3n) is 0.812. The molecule has 3 heteroatoms. The lowest BCUT2D eigenvalue weighted by atomic mass is 10.4. The quantitative estimate of drug-likeness (QED) is 0.472. The molecule has 0 radical (unpaired) electrons. The number of allylic oxidation sites excluding steroid dienone is 2. The molecule has 0 aliphatic carbocycles. The highest BCUT2D eigenvalue weighted by molar-refractivity contribution is 5.89. The largest absolute Gasteiger partial charge is 0.477 e. The summed E-state index contributed by atoms with van der Waals surface area (Å²) in [6, 6.07) is 0. The van der Waals surface area contributed by atoms with E-state index < -0.39 is 5.97 Å². The van der Waals surface area contributed by atoms with Gasteiger partial charge in [-0.2, -0.15) is 0 Å². The number of rotatable bonds is 3. The van der Waals surface area contributed by atoms with Crippen LogP contribution in [0.15, 0.2) is 29.4 Å². The summed E-state index contributed by atoms with van der Waals surface area (Å²) < 4.78 is 0. The first-order chi connectivity index (χ1) is 4.72. The third-order valence-corrected chi connectivity index (χ3v) is 0.812. The Morgan fingerprint density at radius 3 is 2.60 bits per heavy atom. The van der Waals surface area contributed by atoms with E-state index in [2.05, 4.69) is 11.6 Å². The summed E-state index contributed by atoms with van der Waals surface area (Å²) in [4.78, 5) is 13.8. The normalized spacial score (nSPS) is 11.9. The zero-order valence-electron chi connectivity index (χ0n) is 5.74. The average molecular weight is 139 g/mol. The summed E-state index contributed by atoms with van der Waals surface area (Å²) in [5.74, 6) is -1.03. The molecule has 0 aromatic heterocycles. The maximum atomic E-state index is 10.2. The highest BCUT2D eigenvalue weighted by Crippen LogP contribution is 1.93. The van der Waals surface area contributed by atoms with Crippen molar-refractivity contribution in [3.05, 3.63) is 24.4 Å². The van der Waals surface area contributed by atoms with Crippen LogP contribution >= 0.6 is 0 Å². The fourth-order valence-corrected chi connectivity index (χ4v) is 0.386. The van der Waals surface area contributed by atoms with E-state index in [-0.39, 0.29) is 5.70 Å². The summed E-state index contributed by atoms with van der Waals surface area (Å²) in [5, 5.41) is 8.38. The second-order valence-corrected chi connectivity index (χ2v) is 1.49. The Labute approximate surface area is 59.4 Å². The number of hydrogen-bond acceptors (Lipinski definition) is 2. The smallest absolute Gasteiger partial charge is 0.354 e. The molecular weight excluding hydrogens is 130 g/mol. The number of carbonyl (C=O) groups is 1. The summed E-state index contributed by atoms with van der Waals surface area (Å²) in [5.41, 5.74) is 0.0277. The van der Waals surface area contributed by atoms with Gasteiger partial charge in [-0.15, -0.1) is 0 Å². The molecule has 54 valence electrons. The van der Waals surface area contributed by atoms with Gasteiger partial charge in [0.25, 0.3) is 0 Å². The third kappa shape index (κ3) is 2.81. The number of hydrogen-bond donors (Lipinski definition) is 1. The van der Waals surface area contributed by atoms with Gasteiger partial charge in [-0.3, -0.25) is 0 Å². The van der Waals surface area contributed by atoms with Crippen molar-refractivity contribution in [2.75, 3.05) is 0 Å². The molecule has 0 rings (SSSR count). The number of aliphatic carboxylic acids is 1. The first-order valence-electron chi connectivity index (χ1n) is 2.77. The molecule has 0 heterocycles. The van der Waals surface area contributed by atoms with Crippen LogP contribution in [0.2, 0.25) is 0 Å². The van der Waals surface area contributed by atoms with E-state index in [1.807, 2.05) is 0 Å². The van der Waals surface area contributed by atoms with Crippen molar-refractivity contribution in [3.8, 4) is 0 Å². The molecule has 10 heavy (non-hydrogen) atoms. The van der Waals surface area contributed by atoms with Gasteiger partial charge >= 0.3 is 5.97 Å². The topological polar surface area (TPSA) is 49.7 Å². The van der Waals surface area contributed by atoms with E-state index in [0.717, 1.165) is 0 Å². The van der Waals surface area contributed by atoms with Crippen molar-refractivity contribution in [1.29, 1.82) is 0 Å². The van der Waals surface area contributed by atoms with Crippen molar-refractivity contribution < 1.29 is 9.90 Å². The molecule has 0 unspecified atom stereocenters. The first-order valence-corrected chi connectivity index (χ1v) is 2.77. The highest BCUT2D eigenvalue weighted by atomic mass is 16.4. The predicted octanol–water partition coefficient (Wildman–Crippen LogP) is 1.23. The Morgan fingerprint density at radius 1 is 1.70 bits per heavy atom. The maximum absolute atomic E-state index is 10.2. The van der Waals surface area contributed by atoms with Crippen LogP contribution in [0.5, 0.6) is 0 Å². The number of nitrogens with zero attached hydrogens (tertiary/aromatic N) is 1. The van der Waals surface area contributed by atoms with Crippen molar-refractivity contribution in [2.24, 2.45) is 4.99 Å². The van der Waals surface area contributed by atoms with Crippen LogP contribution in [-0.4, -0.2) is 17.3 Å². The summed E-state index contributed by atoms with van der Waals surface area (Å²) in [7, 11) is 0. The van der Waals surface area contributed by atoms with E-state index in [4.69, 9.17) is 5.11 Å². The molecule has 0 amide bonds. The molecule has 1 N–H and O–H groups in total. The molecule has 3 nitrogen and oxygen atoms in total. The Kier molecular flexibility index (Phi) is 3.87. The number of aliphatic imine (C=N–C) groups is 1. The van der Waals surface area contributed by atoms with Crippen molar-refractivity contribution in [1.82, 2.24) is 0 Å². The van der Waals surface area contributed by atoms with Crippen LogP contribution in [0.4, 0.5) is 0 Å². The molecule has 0 aliphatic heterocycles. The Balaban J connectivity index is 4.25. The SMILES string of the molecule is C=CC=N/C(=C/C)C(=O)O. The fraction of sp³-hybridized carbons (Fsp3) is 0.143. The van der Waals surface area contributed by atoms with E-state index in [0.29, 0.717) is 0 Å². The van der Waals surface area contributed by atoms with E-state index >= 15 is 0 Å². The lowest BCUT2D eigenvalue weighted by molar-refractivity contribution is -0.132. The highest BCUT2D eigenvalue weighted by Gasteiger charge is 1.99. The van der Waals surface area contributed by atoms with Crippen LogP contribution in [0.1, 0.15) is 6.92 Å². The Hall–Kier alpha value is -1.38.